The summed E-state index contributed by atoms with van der Waals surface area (Å²) in [5.41, 5.74) is 8.10. The Kier molecular flexibility index (Phi) is 6.61. The van der Waals surface area contributed by atoms with Crippen LogP contribution in [0.25, 0.3) is 0 Å². The normalized spacial score (nSPS) is 20.4. The zero-order valence-electron chi connectivity index (χ0n) is 11.1. The summed E-state index contributed by atoms with van der Waals surface area (Å²) in [4.78, 5) is 6.94. The average Bonchev–Trinajstić information content (AvgIpc) is 2.35. The minimum atomic E-state index is 0. The van der Waals surface area contributed by atoms with Gasteiger partial charge in [-0.2, -0.15) is 0 Å². The molecule has 1 fully saturated rings. The maximum atomic E-state index is 5.70. The van der Waals surface area contributed by atoms with Crippen molar-refractivity contribution in [2.24, 2.45) is 5.73 Å². The van der Waals surface area contributed by atoms with Crippen molar-refractivity contribution in [3.8, 4) is 0 Å². The van der Waals surface area contributed by atoms with Crippen LogP contribution in [0, 0.1) is 6.92 Å². The molecule has 1 aromatic rings. The molecule has 2 heterocycles. The van der Waals surface area contributed by atoms with Gasteiger partial charge in [-0.15, -0.1) is 12.4 Å². The van der Waals surface area contributed by atoms with Crippen LogP contribution in [-0.4, -0.2) is 29.0 Å². The van der Waals surface area contributed by atoms with Crippen LogP contribution < -0.4 is 5.73 Å². The van der Waals surface area contributed by atoms with Gasteiger partial charge in [-0.1, -0.05) is 12.5 Å². The first-order valence-electron chi connectivity index (χ1n) is 6.65. The number of piperidine rings is 1. The molecule has 1 aromatic heterocycles. The third-order valence-electron chi connectivity index (χ3n) is 3.61. The van der Waals surface area contributed by atoms with Gasteiger partial charge >= 0.3 is 0 Å². The fourth-order valence-electron chi connectivity index (χ4n) is 2.61. The third-order valence-corrected chi connectivity index (χ3v) is 3.61. The third kappa shape index (κ3) is 4.23. The molecule has 102 valence electrons. The first-order chi connectivity index (χ1) is 8.29. The van der Waals surface area contributed by atoms with Gasteiger partial charge in [0, 0.05) is 24.5 Å². The van der Waals surface area contributed by atoms with Gasteiger partial charge in [0.1, 0.15) is 0 Å². The number of halogens is 1. The van der Waals surface area contributed by atoms with Crippen LogP contribution in [0.1, 0.15) is 36.9 Å². The number of aryl methyl sites for hydroxylation is 1. The smallest absolute Gasteiger partial charge is 0.0372 e. The second kappa shape index (κ2) is 7.72. The first kappa shape index (κ1) is 15.4. The highest BCUT2D eigenvalue weighted by Crippen LogP contribution is 2.21. The molecule has 4 heteroatoms. The van der Waals surface area contributed by atoms with Crippen LogP contribution in [0.3, 0.4) is 0 Å². The predicted molar refractivity (Wildman–Crippen MR) is 77.9 cm³/mol. The quantitative estimate of drug-likeness (QED) is 0.913. The topological polar surface area (TPSA) is 42.1 Å². The Morgan fingerprint density at radius 2 is 2.22 bits per heavy atom. The number of likely N-dealkylation sites (tertiary alicyclic amines) is 1. The summed E-state index contributed by atoms with van der Waals surface area (Å²) < 4.78 is 0. The Balaban J connectivity index is 0.00000162. The summed E-state index contributed by atoms with van der Waals surface area (Å²) in [6.07, 6.45) is 7.10. The monoisotopic (exact) mass is 269 g/mol. The summed E-state index contributed by atoms with van der Waals surface area (Å²) in [7, 11) is 0. The highest BCUT2D eigenvalue weighted by atomic mass is 35.5. The second-order valence-electron chi connectivity index (χ2n) is 5.01. The highest BCUT2D eigenvalue weighted by Gasteiger charge is 2.21. The van der Waals surface area contributed by atoms with Crippen molar-refractivity contribution < 1.29 is 0 Å². The summed E-state index contributed by atoms with van der Waals surface area (Å²) in [6.45, 7) is 5.06. The van der Waals surface area contributed by atoms with Gasteiger partial charge < -0.3 is 5.73 Å². The van der Waals surface area contributed by atoms with E-state index in [0.717, 1.165) is 25.2 Å². The number of hydrogen-bond donors (Lipinski definition) is 1. The van der Waals surface area contributed by atoms with Crippen LogP contribution in [0.4, 0.5) is 0 Å². The summed E-state index contributed by atoms with van der Waals surface area (Å²) in [5.74, 6) is 0. The van der Waals surface area contributed by atoms with Crippen molar-refractivity contribution in [1.82, 2.24) is 9.88 Å². The lowest BCUT2D eigenvalue weighted by Crippen LogP contribution is -2.40. The predicted octanol–water partition coefficient (Wildman–Crippen LogP) is 2.52. The van der Waals surface area contributed by atoms with E-state index in [1.165, 1.54) is 31.4 Å². The van der Waals surface area contributed by atoms with Crippen LogP contribution in [0.2, 0.25) is 0 Å². The largest absolute Gasteiger partial charge is 0.330 e. The van der Waals surface area contributed by atoms with Crippen LogP contribution in [-0.2, 0) is 6.54 Å². The molecule has 1 aliphatic rings. The molecule has 18 heavy (non-hydrogen) atoms. The molecule has 0 aromatic carbocycles. The van der Waals surface area contributed by atoms with E-state index in [1.54, 1.807) is 0 Å². The average molecular weight is 270 g/mol. The molecule has 1 unspecified atom stereocenters. The van der Waals surface area contributed by atoms with Crippen LogP contribution >= 0.6 is 12.4 Å². The zero-order valence-corrected chi connectivity index (χ0v) is 12.0. The Labute approximate surface area is 116 Å². The van der Waals surface area contributed by atoms with Crippen molar-refractivity contribution in [1.29, 1.82) is 0 Å². The minimum Gasteiger partial charge on any atom is -0.330 e. The summed E-state index contributed by atoms with van der Waals surface area (Å²) >= 11 is 0. The van der Waals surface area contributed by atoms with Crippen molar-refractivity contribution in [2.45, 2.75) is 45.2 Å². The maximum Gasteiger partial charge on any atom is 0.0372 e. The number of nitrogens with zero attached hydrogens (tertiary/aromatic N) is 2. The van der Waals surface area contributed by atoms with Crippen molar-refractivity contribution in [3.63, 3.8) is 0 Å². The lowest BCUT2D eigenvalue weighted by Gasteiger charge is -2.35. The van der Waals surface area contributed by atoms with Crippen LogP contribution in [0.5, 0.6) is 0 Å². The maximum absolute atomic E-state index is 5.70. The summed E-state index contributed by atoms with van der Waals surface area (Å²) in [6, 6.07) is 4.96. The number of pyridine rings is 1. The SMILES string of the molecule is Cc1ccc(CN2CCCCC2CCN)cn1.Cl. The molecule has 1 aliphatic heterocycles. The van der Waals surface area contributed by atoms with E-state index < -0.39 is 0 Å². The van der Waals surface area contributed by atoms with Crippen molar-refractivity contribution >= 4 is 12.4 Å². The van der Waals surface area contributed by atoms with E-state index in [9.17, 15) is 0 Å². The van der Waals surface area contributed by atoms with E-state index >= 15 is 0 Å². The number of aromatic nitrogens is 1. The Hall–Kier alpha value is -0.640. The molecule has 1 saturated heterocycles. The molecule has 2 N–H and O–H groups in total. The number of hydrogen-bond acceptors (Lipinski definition) is 3. The lowest BCUT2D eigenvalue weighted by molar-refractivity contribution is 0.134. The summed E-state index contributed by atoms with van der Waals surface area (Å²) in [5, 5.41) is 0. The van der Waals surface area contributed by atoms with E-state index in [-0.39, 0.29) is 12.4 Å². The molecule has 0 spiro atoms. The van der Waals surface area contributed by atoms with Gasteiger partial charge in [0.05, 0.1) is 0 Å². The second-order valence-corrected chi connectivity index (χ2v) is 5.01. The zero-order chi connectivity index (χ0) is 12.1. The fourth-order valence-corrected chi connectivity index (χ4v) is 2.61. The molecule has 0 radical (unpaired) electrons. The van der Waals surface area contributed by atoms with Gasteiger partial charge in [0.2, 0.25) is 0 Å². The lowest BCUT2D eigenvalue weighted by atomic mass is 9.99. The van der Waals surface area contributed by atoms with Gasteiger partial charge in [0.15, 0.2) is 0 Å². The Morgan fingerprint density at radius 3 is 2.89 bits per heavy atom. The molecule has 0 amide bonds. The standard InChI is InChI=1S/C14H23N3.ClH/c1-12-5-6-13(10-16-12)11-17-9-3-2-4-14(17)7-8-15;/h5-6,10,14H,2-4,7-9,11,15H2,1H3;1H. The van der Waals surface area contributed by atoms with Crippen molar-refractivity contribution in [2.75, 3.05) is 13.1 Å². The van der Waals surface area contributed by atoms with E-state index in [2.05, 4.69) is 22.0 Å². The molecule has 0 saturated carbocycles. The minimum absolute atomic E-state index is 0. The van der Waals surface area contributed by atoms with Gasteiger partial charge in [-0.05, 0) is 50.9 Å². The first-order valence-corrected chi connectivity index (χ1v) is 6.65. The molecule has 1 atom stereocenters. The van der Waals surface area contributed by atoms with Crippen LogP contribution in [0.15, 0.2) is 18.3 Å². The number of rotatable bonds is 4. The highest BCUT2D eigenvalue weighted by molar-refractivity contribution is 5.85. The van der Waals surface area contributed by atoms with Gasteiger partial charge in [-0.25, -0.2) is 0 Å². The van der Waals surface area contributed by atoms with E-state index in [1.807, 2.05) is 13.1 Å². The van der Waals surface area contributed by atoms with Crippen molar-refractivity contribution in [3.05, 3.63) is 29.6 Å². The van der Waals surface area contributed by atoms with Gasteiger partial charge in [-0.3, -0.25) is 9.88 Å². The Bertz CT molecular complexity index is 337. The Morgan fingerprint density at radius 1 is 1.39 bits per heavy atom. The molecule has 3 nitrogen and oxygen atoms in total. The molecular formula is C14H24ClN3. The molecule has 2 rings (SSSR count). The molecular weight excluding hydrogens is 246 g/mol. The fraction of sp³-hybridized carbons (Fsp3) is 0.643. The van der Waals surface area contributed by atoms with E-state index in [4.69, 9.17) is 5.73 Å². The number of nitrogens with two attached hydrogens (primary N) is 1. The molecule has 0 bridgehead atoms. The van der Waals surface area contributed by atoms with Gasteiger partial charge in [0.25, 0.3) is 0 Å². The molecule has 0 aliphatic carbocycles. The van der Waals surface area contributed by atoms with E-state index in [0.29, 0.717) is 6.04 Å².